The molecule has 4 heteroatoms. The standard InChI is InChI=1S/C18H24N2OS/c1-12-9-13(2)17(14(3)10-12)19-18(21)15(4)20(5)11-16-7-6-8-22-16/h6-10,15H,11H2,1-5H3,(H,19,21)/p+1/t15-/m0/s1. The number of likely N-dealkylation sites (N-methyl/N-ethyl adjacent to an activating group) is 1. The number of anilines is 1. The number of carbonyl (C=O) groups excluding carboxylic acids is 1. The van der Waals surface area contributed by atoms with E-state index in [1.165, 1.54) is 15.3 Å². The molecule has 22 heavy (non-hydrogen) atoms. The van der Waals surface area contributed by atoms with Gasteiger partial charge >= 0.3 is 0 Å². The third-order valence-corrected chi connectivity index (χ3v) is 4.97. The quantitative estimate of drug-likeness (QED) is 0.873. The maximum atomic E-state index is 12.5. The number of quaternary nitrogens is 1. The van der Waals surface area contributed by atoms with E-state index in [1.54, 1.807) is 11.3 Å². The summed E-state index contributed by atoms with van der Waals surface area (Å²) in [7, 11) is 2.07. The third-order valence-electron chi connectivity index (χ3n) is 4.09. The summed E-state index contributed by atoms with van der Waals surface area (Å²) in [6, 6.07) is 8.29. The lowest BCUT2D eigenvalue weighted by Crippen LogP contribution is -3.12. The molecule has 2 aromatic rings. The molecule has 0 spiro atoms. The van der Waals surface area contributed by atoms with Gasteiger partial charge in [0, 0.05) is 5.69 Å². The van der Waals surface area contributed by atoms with Crippen molar-refractivity contribution in [3.63, 3.8) is 0 Å². The first-order valence-electron chi connectivity index (χ1n) is 7.62. The second-order valence-corrected chi connectivity index (χ2v) is 7.12. The molecule has 0 radical (unpaired) electrons. The van der Waals surface area contributed by atoms with Crippen LogP contribution in [0.25, 0.3) is 0 Å². The van der Waals surface area contributed by atoms with Gasteiger partial charge in [0.2, 0.25) is 0 Å². The molecule has 1 aromatic heterocycles. The predicted molar refractivity (Wildman–Crippen MR) is 93.7 cm³/mol. The normalized spacial score (nSPS) is 13.7. The van der Waals surface area contributed by atoms with Crippen LogP contribution in [0.4, 0.5) is 5.69 Å². The van der Waals surface area contributed by atoms with E-state index in [4.69, 9.17) is 0 Å². The van der Waals surface area contributed by atoms with Crippen molar-refractivity contribution in [1.29, 1.82) is 0 Å². The van der Waals surface area contributed by atoms with Crippen LogP contribution < -0.4 is 10.2 Å². The van der Waals surface area contributed by atoms with Crippen LogP contribution in [-0.4, -0.2) is 19.0 Å². The molecule has 3 nitrogen and oxygen atoms in total. The molecule has 0 bridgehead atoms. The van der Waals surface area contributed by atoms with E-state index >= 15 is 0 Å². The molecule has 1 unspecified atom stereocenters. The molecule has 0 saturated carbocycles. The van der Waals surface area contributed by atoms with Gasteiger partial charge in [0.15, 0.2) is 6.04 Å². The molecule has 2 rings (SSSR count). The number of carbonyl (C=O) groups is 1. The maximum absolute atomic E-state index is 12.5. The minimum absolute atomic E-state index is 0.0732. The summed E-state index contributed by atoms with van der Waals surface area (Å²) >= 11 is 1.74. The Balaban J connectivity index is 2.05. The van der Waals surface area contributed by atoms with E-state index < -0.39 is 0 Å². The zero-order valence-corrected chi connectivity index (χ0v) is 14.8. The lowest BCUT2D eigenvalue weighted by Gasteiger charge is -2.21. The van der Waals surface area contributed by atoms with E-state index in [1.807, 2.05) is 20.8 Å². The number of aryl methyl sites for hydroxylation is 3. The van der Waals surface area contributed by atoms with Crippen LogP contribution in [0.1, 0.15) is 28.5 Å². The van der Waals surface area contributed by atoms with Crippen molar-refractivity contribution < 1.29 is 9.69 Å². The van der Waals surface area contributed by atoms with Gasteiger partial charge in [-0.1, -0.05) is 23.8 Å². The molecule has 1 amide bonds. The van der Waals surface area contributed by atoms with Crippen LogP contribution in [-0.2, 0) is 11.3 Å². The molecule has 2 atom stereocenters. The van der Waals surface area contributed by atoms with Gasteiger partial charge in [-0.05, 0) is 50.3 Å². The van der Waals surface area contributed by atoms with Crippen molar-refractivity contribution in [3.8, 4) is 0 Å². The second-order valence-electron chi connectivity index (χ2n) is 6.09. The number of amides is 1. The maximum Gasteiger partial charge on any atom is 0.282 e. The molecule has 0 aliphatic rings. The first-order chi connectivity index (χ1) is 10.4. The summed E-state index contributed by atoms with van der Waals surface area (Å²) < 4.78 is 0. The van der Waals surface area contributed by atoms with Gasteiger partial charge in [0.25, 0.3) is 5.91 Å². The van der Waals surface area contributed by atoms with Gasteiger partial charge in [-0.2, -0.15) is 0 Å². The highest BCUT2D eigenvalue weighted by atomic mass is 32.1. The SMILES string of the molecule is Cc1cc(C)c(NC(=O)[C@H](C)[NH+](C)Cc2cccs2)c(C)c1. The number of rotatable bonds is 5. The Kier molecular flexibility index (Phi) is 5.37. The number of hydrogen-bond acceptors (Lipinski definition) is 2. The van der Waals surface area contributed by atoms with Gasteiger partial charge in [-0.15, -0.1) is 11.3 Å². The van der Waals surface area contributed by atoms with Crippen molar-refractivity contribution in [1.82, 2.24) is 0 Å². The molecule has 0 aliphatic carbocycles. The Morgan fingerprint density at radius 3 is 2.45 bits per heavy atom. The van der Waals surface area contributed by atoms with Crippen LogP contribution >= 0.6 is 11.3 Å². The van der Waals surface area contributed by atoms with Crippen LogP contribution in [0.3, 0.4) is 0 Å². The molecule has 0 aliphatic heterocycles. The highest BCUT2D eigenvalue weighted by molar-refractivity contribution is 7.09. The number of hydrogen-bond donors (Lipinski definition) is 2. The molecular formula is C18H25N2OS+. The summed E-state index contributed by atoms with van der Waals surface area (Å²) in [5.74, 6) is 0.0732. The van der Waals surface area contributed by atoms with Crippen molar-refractivity contribution in [2.45, 2.75) is 40.3 Å². The van der Waals surface area contributed by atoms with Crippen LogP contribution in [0.15, 0.2) is 29.6 Å². The molecule has 1 aromatic carbocycles. The molecule has 0 fully saturated rings. The summed E-state index contributed by atoms with van der Waals surface area (Å²) in [5, 5.41) is 5.19. The van der Waals surface area contributed by atoms with Gasteiger partial charge in [0.1, 0.15) is 6.54 Å². The van der Waals surface area contributed by atoms with Crippen molar-refractivity contribution in [2.24, 2.45) is 0 Å². The average molecular weight is 317 g/mol. The highest BCUT2D eigenvalue weighted by Crippen LogP contribution is 2.21. The lowest BCUT2D eigenvalue weighted by atomic mass is 10.0. The van der Waals surface area contributed by atoms with Crippen LogP contribution in [0, 0.1) is 20.8 Å². The Morgan fingerprint density at radius 1 is 1.27 bits per heavy atom. The molecular weight excluding hydrogens is 292 g/mol. The largest absolute Gasteiger partial charge is 0.323 e. The fourth-order valence-corrected chi connectivity index (χ4v) is 3.47. The van der Waals surface area contributed by atoms with E-state index in [0.717, 1.165) is 23.4 Å². The van der Waals surface area contributed by atoms with E-state index in [9.17, 15) is 4.79 Å². The number of thiophene rings is 1. The van der Waals surface area contributed by atoms with Crippen LogP contribution in [0.5, 0.6) is 0 Å². The minimum Gasteiger partial charge on any atom is -0.323 e. The zero-order valence-electron chi connectivity index (χ0n) is 14.0. The topological polar surface area (TPSA) is 33.5 Å². The summed E-state index contributed by atoms with van der Waals surface area (Å²) in [4.78, 5) is 15.0. The van der Waals surface area contributed by atoms with Gasteiger partial charge in [0.05, 0.1) is 11.9 Å². The van der Waals surface area contributed by atoms with Crippen molar-refractivity contribution >= 4 is 22.9 Å². The molecule has 1 heterocycles. The van der Waals surface area contributed by atoms with Gasteiger partial charge in [-0.3, -0.25) is 4.79 Å². The Morgan fingerprint density at radius 2 is 1.91 bits per heavy atom. The fourth-order valence-electron chi connectivity index (χ4n) is 2.67. The smallest absolute Gasteiger partial charge is 0.282 e. The van der Waals surface area contributed by atoms with Crippen molar-refractivity contribution in [2.75, 3.05) is 12.4 Å². The number of nitrogens with one attached hydrogen (secondary N) is 2. The van der Waals surface area contributed by atoms with Crippen LogP contribution in [0.2, 0.25) is 0 Å². The van der Waals surface area contributed by atoms with E-state index in [-0.39, 0.29) is 11.9 Å². The van der Waals surface area contributed by atoms with Gasteiger partial charge < -0.3 is 10.2 Å². The Hall–Kier alpha value is -1.65. The summed E-state index contributed by atoms with van der Waals surface area (Å²) in [6.07, 6.45) is 0. The molecule has 0 saturated heterocycles. The zero-order chi connectivity index (χ0) is 16.3. The Bertz CT molecular complexity index is 626. The first kappa shape index (κ1) is 16.7. The fraction of sp³-hybridized carbons (Fsp3) is 0.389. The second kappa shape index (κ2) is 7.07. The predicted octanol–water partition coefficient (Wildman–Crippen LogP) is 2.72. The average Bonchev–Trinajstić information content (AvgIpc) is 2.94. The minimum atomic E-state index is -0.0952. The summed E-state index contributed by atoms with van der Waals surface area (Å²) in [6.45, 7) is 9.02. The molecule has 2 N–H and O–H groups in total. The van der Waals surface area contributed by atoms with E-state index in [0.29, 0.717) is 0 Å². The third kappa shape index (κ3) is 3.96. The van der Waals surface area contributed by atoms with Gasteiger partial charge in [-0.25, -0.2) is 0 Å². The highest BCUT2D eigenvalue weighted by Gasteiger charge is 2.23. The summed E-state index contributed by atoms with van der Waals surface area (Å²) in [5.41, 5.74) is 4.41. The van der Waals surface area contributed by atoms with Crippen molar-refractivity contribution in [3.05, 3.63) is 51.2 Å². The Labute approximate surface area is 137 Å². The lowest BCUT2D eigenvalue weighted by molar-refractivity contribution is -0.907. The number of benzene rings is 1. The monoisotopic (exact) mass is 317 g/mol. The van der Waals surface area contributed by atoms with E-state index in [2.05, 4.69) is 48.9 Å². The first-order valence-corrected chi connectivity index (χ1v) is 8.50. The molecule has 118 valence electrons.